The van der Waals surface area contributed by atoms with Gasteiger partial charge in [0, 0.05) is 6.54 Å². The van der Waals surface area contributed by atoms with Gasteiger partial charge >= 0.3 is 6.36 Å². The summed E-state index contributed by atoms with van der Waals surface area (Å²) in [6, 6.07) is 5.91. The molecule has 0 spiro atoms. The van der Waals surface area contributed by atoms with E-state index in [-0.39, 0.29) is 5.75 Å². The molecular weight excluding hydrogens is 243 g/mol. The van der Waals surface area contributed by atoms with Crippen LogP contribution in [0.5, 0.6) is 5.75 Å². The van der Waals surface area contributed by atoms with Gasteiger partial charge in [0.15, 0.2) is 0 Å². The Hall–Kier alpha value is -1.23. The summed E-state index contributed by atoms with van der Waals surface area (Å²) < 4.78 is 39.6. The number of nitrogens with one attached hydrogen (secondary N) is 1. The lowest BCUT2D eigenvalue weighted by Gasteiger charge is -2.11. The van der Waals surface area contributed by atoms with Gasteiger partial charge in [-0.3, -0.25) is 0 Å². The van der Waals surface area contributed by atoms with Crippen molar-refractivity contribution < 1.29 is 17.9 Å². The van der Waals surface area contributed by atoms with Crippen molar-refractivity contribution in [3.63, 3.8) is 0 Å². The third kappa shape index (κ3) is 5.91. The molecule has 0 aromatic heterocycles. The minimum atomic E-state index is -4.63. The molecule has 5 heteroatoms. The van der Waals surface area contributed by atoms with Crippen molar-refractivity contribution in [2.75, 3.05) is 6.54 Å². The first-order valence-corrected chi connectivity index (χ1v) is 5.96. The normalized spacial score (nSPS) is 13.4. The summed E-state index contributed by atoms with van der Waals surface area (Å²) in [7, 11) is 0. The van der Waals surface area contributed by atoms with Crippen LogP contribution in [0.2, 0.25) is 0 Å². The number of ether oxygens (including phenoxy) is 1. The van der Waals surface area contributed by atoms with E-state index in [9.17, 15) is 13.2 Å². The van der Waals surface area contributed by atoms with E-state index in [0.717, 1.165) is 18.5 Å². The van der Waals surface area contributed by atoms with Crippen LogP contribution in [0.1, 0.15) is 25.8 Å². The second-order valence-electron chi connectivity index (χ2n) is 4.34. The maximum atomic E-state index is 11.9. The van der Waals surface area contributed by atoms with Crippen molar-refractivity contribution in [3.8, 4) is 5.75 Å². The predicted molar refractivity (Wildman–Crippen MR) is 64.3 cm³/mol. The molecule has 2 nitrogen and oxygen atoms in total. The molecule has 1 rings (SSSR count). The van der Waals surface area contributed by atoms with Crippen LogP contribution in [0.15, 0.2) is 24.3 Å². The molecule has 18 heavy (non-hydrogen) atoms. The van der Waals surface area contributed by atoms with Crippen LogP contribution in [0.3, 0.4) is 0 Å². The highest BCUT2D eigenvalue weighted by Crippen LogP contribution is 2.22. The van der Waals surface area contributed by atoms with Gasteiger partial charge in [-0.05, 0) is 30.2 Å². The first kappa shape index (κ1) is 14.8. The van der Waals surface area contributed by atoms with Crippen LogP contribution >= 0.6 is 0 Å². The molecule has 1 aromatic rings. The van der Waals surface area contributed by atoms with Gasteiger partial charge in [0.05, 0.1) is 0 Å². The quantitative estimate of drug-likeness (QED) is 0.842. The van der Waals surface area contributed by atoms with Gasteiger partial charge in [0.25, 0.3) is 0 Å². The third-order valence-electron chi connectivity index (χ3n) is 2.68. The fourth-order valence-corrected chi connectivity index (χ4v) is 1.42. The van der Waals surface area contributed by atoms with Gasteiger partial charge < -0.3 is 10.1 Å². The number of benzene rings is 1. The maximum absolute atomic E-state index is 11.9. The Bertz CT molecular complexity index is 348. The topological polar surface area (TPSA) is 21.3 Å². The van der Waals surface area contributed by atoms with Crippen molar-refractivity contribution in [2.45, 2.75) is 33.2 Å². The van der Waals surface area contributed by atoms with E-state index in [0.29, 0.717) is 12.5 Å². The molecule has 1 N–H and O–H groups in total. The Kier molecular flexibility index (Phi) is 5.47. The minimum Gasteiger partial charge on any atom is -0.406 e. The smallest absolute Gasteiger partial charge is 0.406 e. The highest BCUT2D eigenvalue weighted by molar-refractivity contribution is 5.27. The molecule has 0 aliphatic carbocycles. The van der Waals surface area contributed by atoms with Crippen molar-refractivity contribution in [3.05, 3.63) is 29.8 Å². The van der Waals surface area contributed by atoms with Crippen molar-refractivity contribution >= 4 is 0 Å². The fraction of sp³-hybridized carbons (Fsp3) is 0.538. The van der Waals surface area contributed by atoms with E-state index < -0.39 is 6.36 Å². The standard InChI is InChI=1S/C13H18F3NO/c1-3-10(2)8-17-9-11-4-6-12(7-5-11)18-13(14,15)16/h4-7,10,17H,3,8-9H2,1-2H3. The second-order valence-corrected chi connectivity index (χ2v) is 4.34. The van der Waals surface area contributed by atoms with Crippen LogP contribution in [0.25, 0.3) is 0 Å². The number of halogens is 3. The van der Waals surface area contributed by atoms with Gasteiger partial charge in [-0.2, -0.15) is 0 Å². The summed E-state index contributed by atoms with van der Waals surface area (Å²) in [4.78, 5) is 0. The van der Waals surface area contributed by atoms with Crippen LogP contribution in [-0.2, 0) is 6.54 Å². The molecule has 1 unspecified atom stereocenters. The summed E-state index contributed by atoms with van der Waals surface area (Å²) in [5.74, 6) is 0.408. The van der Waals surface area contributed by atoms with E-state index in [4.69, 9.17) is 0 Å². The SMILES string of the molecule is CCC(C)CNCc1ccc(OC(F)(F)F)cc1. The third-order valence-corrected chi connectivity index (χ3v) is 2.68. The minimum absolute atomic E-state index is 0.187. The lowest BCUT2D eigenvalue weighted by Crippen LogP contribution is -2.20. The number of rotatable bonds is 6. The lowest BCUT2D eigenvalue weighted by atomic mass is 10.1. The zero-order chi connectivity index (χ0) is 13.6. The zero-order valence-electron chi connectivity index (χ0n) is 10.6. The van der Waals surface area contributed by atoms with E-state index in [2.05, 4.69) is 23.9 Å². The van der Waals surface area contributed by atoms with Gasteiger partial charge in [-0.1, -0.05) is 32.4 Å². The van der Waals surface area contributed by atoms with Crippen LogP contribution < -0.4 is 10.1 Å². The highest BCUT2D eigenvalue weighted by atomic mass is 19.4. The molecule has 0 fully saturated rings. The fourth-order valence-electron chi connectivity index (χ4n) is 1.42. The summed E-state index contributed by atoms with van der Waals surface area (Å²) in [5.41, 5.74) is 0.938. The Morgan fingerprint density at radius 3 is 2.33 bits per heavy atom. The molecule has 1 atom stereocenters. The average Bonchev–Trinajstić information content (AvgIpc) is 2.29. The second kappa shape index (κ2) is 6.64. The molecule has 102 valence electrons. The summed E-state index contributed by atoms with van der Waals surface area (Å²) >= 11 is 0. The van der Waals surface area contributed by atoms with Crippen molar-refractivity contribution in [1.82, 2.24) is 5.32 Å². The van der Waals surface area contributed by atoms with Gasteiger partial charge in [-0.25, -0.2) is 0 Å². The van der Waals surface area contributed by atoms with Crippen molar-refractivity contribution in [2.24, 2.45) is 5.92 Å². The van der Waals surface area contributed by atoms with Gasteiger partial charge in [0.2, 0.25) is 0 Å². The summed E-state index contributed by atoms with van der Waals surface area (Å²) in [6.07, 6.45) is -3.53. The molecule has 0 saturated heterocycles. The molecular formula is C13H18F3NO. The van der Waals surface area contributed by atoms with E-state index in [1.54, 1.807) is 12.1 Å². The lowest BCUT2D eigenvalue weighted by molar-refractivity contribution is -0.274. The first-order valence-electron chi connectivity index (χ1n) is 5.96. The Balaban J connectivity index is 2.41. The Morgan fingerprint density at radius 2 is 1.83 bits per heavy atom. The van der Waals surface area contributed by atoms with Gasteiger partial charge in [-0.15, -0.1) is 13.2 Å². The number of hydrogen-bond donors (Lipinski definition) is 1. The molecule has 1 aromatic carbocycles. The first-order chi connectivity index (χ1) is 8.40. The molecule has 0 bridgehead atoms. The van der Waals surface area contributed by atoms with Crippen LogP contribution in [0.4, 0.5) is 13.2 Å². The number of alkyl halides is 3. The summed E-state index contributed by atoms with van der Waals surface area (Å²) in [6.45, 7) is 5.82. The van der Waals surface area contributed by atoms with Crippen molar-refractivity contribution in [1.29, 1.82) is 0 Å². The predicted octanol–water partition coefficient (Wildman–Crippen LogP) is 3.72. The monoisotopic (exact) mass is 261 g/mol. The summed E-state index contributed by atoms with van der Waals surface area (Å²) in [5, 5.41) is 3.26. The van der Waals surface area contributed by atoms with Gasteiger partial charge in [0.1, 0.15) is 5.75 Å². The molecule has 0 aliphatic rings. The molecule has 0 heterocycles. The highest BCUT2D eigenvalue weighted by Gasteiger charge is 2.30. The van der Waals surface area contributed by atoms with E-state index >= 15 is 0 Å². The molecule has 0 saturated carbocycles. The Morgan fingerprint density at radius 1 is 1.22 bits per heavy atom. The molecule has 0 radical (unpaired) electrons. The average molecular weight is 261 g/mol. The van der Waals surface area contributed by atoms with Crippen LogP contribution in [0, 0.1) is 5.92 Å². The zero-order valence-corrected chi connectivity index (χ0v) is 10.6. The number of hydrogen-bond acceptors (Lipinski definition) is 2. The molecule has 0 amide bonds. The van der Waals surface area contributed by atoms with Crippen LogP contribution in [-0.4, -0.2) is 12.9 Å². The van der Waals surface area contributed by atoms with E-state index in [1.807, 2.05) is 0 Å². The molecule has 0 aliphatic heterocycles. The largest absolute Gasteiger partial charge is 0.573 e. The Labute approximate surface area is 105 Å². The van der Waals surface area contributed by atoms with E-state index in [1.165, 1.54) is 12.1 Å². The maximum Gasteiger partial charge on any atom is 0.573 e.